The Balaban J connectivity index is 1.96. The molecule has 0 radical (unpaired) electrons. The Morgan fingerprint density at radius 1 is 1.00 bits per heavy atom. The van der Waals surface area contributed by atoms with Gasteiger partial charge in [-0.2, -0.15) is 0 Å². The smallest absolute Gasteiger partial charge is 0.277 e. The largest absolute Gasteiger partial charge is 0.331 e. The van der Waals surface area contributed by atoms with E-state index in [2.05, 4.69) is 5.32 Å². The van der Waals surface area contributed by atoms with Crippen LogP contribution in [0.25, 0.3) is 0 Å². The molecule has 1 spiro atoms. The van der Waals surface area contributed by atoms with E-state index in [1.54, 1.807) is 0 Å². The summed E-state index contributed by atoms with van der Waals surface area (Å²) in [5.41, 5.74) is -1.33. The average molecular weight is 250 g/mol. The van der Waals surface area contributed by atoms with E-state index in [0.717, 1.165) is 32.1 Å². The van der Waals surface area contributed by atoms with Crippen molar-refractivity contribution < 1.29 is 14.4 Å². The number of rotatable bonds is 1. The number of imide groups is 2. The molecule has 5 nitrogen and oxygen atoms in total. The minimum Gasteiger partial charge on any atom is -0.277 e. The first-order valence-electron chi connectivity index (χ1n) is 6.70. The van der Waals surface area contributed by atoms with Gasteiger partial charge >= 0.3 is 6.03 Å². The molecule has 2 saturated carbocycles. The Bertz CT molecular complexity index is 434. The van der Waals surface area contributed by atoms with Crippen LogP contribution in [-0.4, -0.2) is 28.3 Å². The van der Waals surface area contributed by atoms with E-state index in [1.807, 2.05) is 6.92 Å². The van der Waals surface area contributed by atoms with E-state index in [-0.39, 0.29) is 11.8 Å². The molecule has 3 rings (SSSR count). The second-order valence-electron chi connectivity index (χ2n) is 6.04. The highest BCUT2D eigenvalue weighted by Crippen LogP contribution is 2.47. The third kappa shape index (κ3) is 1.30. The number of nitrogens with zero attached hydrogens (tertiary/aromatic N) is 1. The predicted molar refractivity (Wildman–Crippen MR) is 63.5 cm³/mol. The molecular formula is C13H18N2O3. The molecule has 0 atom stereocenters. The van der Waals surface area contributed by atoms with Crippen molar-refractivity contribution in [1.82, 2.24) is 10.2 Å². The van der Waals surface area contributed by atoms with Crippen LogP contribution >= 0.6 is 0 Å². The van der Waals surface area contributed by atoms with E-state index in [1.165, 1.54) is 4.90 Å². The maximum atomic E-state index is 12.6. The van der Waals surface area contributed by atoms with Crippen molar-refractivity contribution in [3.63, 3.8) is 0 Å². The number of nitrogens with one attached hydrogen (secondary N) is 1. The molecule has 3 aliphatic rings. The highest BCUT2D eigenvalue weighted by molar-refractivity contribution is 6.20. The summed E-state index contributed by atoms with van der Waals surface area (Å²) < 4.78 is 0. The topological polar surface area (TPSA) is 66.5 Å². The van der Waals surface area contributed by atoms with Gasteiger partial charge in [0.1, 0.15) is 5.41 Å². The van der Waals surface area contributed by atoms with Crippen molar-refractivity contribution in [2.45, 2.75) is 57.4 Å². The van der Waals surface area contributed by atoms with E-state index in [4.69, 9.17) is 0 Å². The number of hydrogen-bond acceptors (Lipinski definition) is 3. The van der Waals surface area contributed by atoms with Crippen LogP contribution in [0.2, 0.25) is 0 Å². The average Bonchev–Trinajstić information content (AvgIpc) is 2.62. The molecule has 2 aliphatic carbocycles. The van der Waals surface area contributed by atoms with E-state index in [0.29, 0.717) is 12.8 Å². The van der Waals surface area contributed by atoms with Crippen LogP contribution in [0.5, 0.6) is 0 Å². The number of barbiturate groups is 1. The number of urea groups is 1. The Morgan fingerprint density at radius 3 is 2.11 bits per heavy atom. The summed E-state index contributed by atoms with van der Waals surface area (Å²) in [4.78, 5) is 37.8. The highest BCUT2D eigenvalue weighted by atomic mass is 16.2. The van der Waals surface area contributed by atoms with E-state index >= 15 is 0 Å². The molecule has 18 heavy (non-hydrogen) atoms. The molecular weight excluding hydrogens is 232 g/mol. The van der Waals surface area contributed by atoms with Crippen molar-refractivity contribution >= 4 is 17.8 Å². The Labute approximate surface area is 106 Å². The highest BCUT2D eigenvalue weighted by Gasteiger charge is 2.60. The lowest BCUT2D eigenvalue weighted by Gasteiger charge is -2.49. The third-order valence-electron chi connectivity index (χ3n) is 4.90. The van der Waals surface area contributed by atoms with Crippen LogP contribution in [-0.2, 0) is 9.59 Å². The maximum absolute atomic E-state index is 12.6. The van der Waals surface area contributed by atoms with Gasteiger partial charge in [0.15, 0.2) is 0 Å². The Morgan fingerprint density at radius 2 is 1.61 bits per heavy atom. The standard InChI is InChI=1S/C13H18N2O3/c1-12(5-2-3-6-12)15-10(17)13(7-4-8-13)9(16)14-11(15)18/h2-8H2,1H3,(H,14,16,18). The molecule has 0 aromatic heterocycles. The summed E-state index contributed by atoms with van der Waals surface area (Å²) in [6.45, 7) is 1.96. The van der Waals surface area contributed by atoms with Crippen molar-refractivity contribution in [2.24, 2.45) is 5.41 Å². The van der Waals surface area contributed by atoms with Crippen LogP contribution in [0, 0.1) is 5.41 Å². The molecule has 3 fully saturated rings. The van der Waals surface area contributed by atoms with Crippen molar-refractivity contribution in [2.75, 3.05) is 0 Å². The quantitative estimate of drug-likeness (QED) is 0.718. The van der Waals surface area contributed by atoms with Crippen LogP contribution < -0.4 is 5.32 Å². The van der Waals surface area contributed by atoms with Crippen LogP contribution in [0.15, 0.2) is 0 Å². The summed E-state index contributed by atoms with van der Waals surface area (Å²) in [7, 11) is 0. The molecule has 1 saturated heterocycles. The molecule has 4 amide bonds. The fourth-order valence-corrected chi connectivity index (χ4v) is 3.50. The molecule has 0 aromatic carbocycles. The second kappa shape index (κ2) is 3.56. The fourth-order valence-electron chi connectivity index (χ4n) is 3.50. The van der Waals surface area contributed by atoms with Gasteiger partial charge in [-0.15, -0.1) is 0 Å². The van der Waals surface area contributed by atoms with Crippen LogP contribution in [0.3, 0.4) is 0 Å². The lowest BCUT2D eigenvalue weighted by Crippen LogP contribution is -2.70. The summed E-state index contributed by atoms with van der Waals surface area (Å²) in [5, 5.41) is 2.38. The summed E-state index contributed by atoms with van der Waals surface area (Å²) in [5.74, 6) is -0.645. The minimum absolute atomic E-state index is 0.257. The number of carbonyl (C=O) groups excluding carboxylic acids is 3. The van der Waals surface area contributed by atoms with Gasteiger partial charge in [-0.05, 0) is 32.6 Å². The van der Waals surface area contributed by atoms with Gasteiger partial charge in [-0.3, -0.25) is 19.8 Å². The molecule has 0 bridgehead atoms. The zero-order valence-corrected chi connectivity index (χ0v) is 10.6. The van der Waals surface area contributed by atoms with Gasteiger partial charge in [0.05, 0.1) is 0 Å². The normalized spacial score (nSPS) is 29.4. The lowest BCUT2D eigenvalue weighted by atomic mass is 9.65. The van der Waals surface area contributed by atoms with Gasteiger partial charge in [-0.1, -0.05) is 19.3 Å². The monoisotopic (exact) mass is 250 g/mol. The second-order valence-corrected chi connectivity index (χ2v) is 6.04. The summed E-state index contributed by atoms with van der Waals surface area (Å²) >= 11 is 0. The van der Waals surface area contributed by atoms with Crippen molar-refractivity contribution in [1.29, 1.82) is 0 Å². The zero-order chi connectivity index (χ0) is 13.0. The molecule has 5 heteroatoms. The van der Waals surface area contributed by atoms with Crippen molar-refractivity contribution in [3.05, 3.63) is 0 Å². The first-order valence-corrected chi connectivity index (χ1v) is 6.70. The molecule has 1 aliphatic heterocycles. The first-order chi connectivity index (χ1) is 8.50. The first kappa shape index (κ1) is 11.7. The zero-order valence-electron chi connectivity index (χ0n) is 10.6. The van der Waals surface area contributed by atoms with Gasteiger partial charge in [0, 0.05) is 5.54 Å². The van der Waals surface area contributed by atoms with Gasteiger partial charge in [-0.25, -0.2) is 4.79 Å². The number of carbonyl (C=O) groups is 3. The molecule has 0 aromatic rings. The van der Waals surface area contributed by atoms with Gasteiger partial charge < -0.3 is 0 Å². The summed E-state index contributed by atoms with van der Waals surface area (Å²) in [6, 6.07) is -0.521. The van der Waals surface area contributed by atoms with Gasteiger partial charge in [0.25, 0.3) is 0 Å². The third-order valence-corrected chi connectivity index (χ3v) is 4.90. The van der Waals surface area contributed by atoms with Gasteiger partial charge in [0.2, 0.25) is 11.8 Å². The number of amides is 4. The minimum atomic E-state index is -0.931. The fraction of sp³-hybridized carbons (Fsp3) is 0.769. The molecule has 1 heterocycles. The molecule has 1 N–H and O–H groups in total. The Kier molecular flexibility index (Phi) is 2.31. The molecule has 0 unspecified atom stereocenters. The van der Waals surface area contributed by atoms with Crippen LogP contribution in [0.1, 0.15) is 51.9 Å². The SMILES string of the molecule is CC1(N2C(=O)NC(=O)C3(CCC3)C2=O)CCCC1. The predicted octanol–water partition coefficient (Wildman–Crippen LogP) is 1.57. The van der Waals surface area contributed by atoms with E-state index in [9.17, 15) is 14.4 Å². The van der Waals surface area contributed by atoms with Crippen LogP contribution in [0.4, 0.5) is 4.79 Å². The van der Waals surface area contributed by atoms with Crippen molar-refractivity contribution in [3.8, 4) is 0 Å². The number of hydrogen-bond donors (Lipinski definition) is 1. The molecule has 98 valence electrons. The lowest BCUT2D eigenvalue weighted by molar-refractivity contribution is -0.161. The maximum Gasteiger partial charge on any atom is 0.331 e. The Hall–Kier alpha value is -1.39. The summed E-state index contributed by atoms with van der Waals surface area (Å²) in [6.07, 6.45) is 5.81. The van der Waals surface area contributed by atoms with E-state index < -0.39 is 17.0 Å².